The van der Waals surface area contributed by atoms with Crippen molar-refractivity contribution < 1.29 is 14.7 Å². The molecule has 0 spiro atoms. The highest BCUT2D eigenvalue weighted by molar-refractivity contribution is 5.79. The predicted octanol–water partition coefficient (Wildman–Crippen LogP) is 2.01. The molecule has 0 aliphatic heterocycles. The van der Waals surface area contributed by atoms with E-state index in [1.54, 1.807) is 0 Å². The summed E-state index contributed by atoms with van der Waals surface area (Å²) in [6.45, 7) is 2.84. The van der Waals surface area contributed by atoms with Crippen molar-refractivity contribution >= 4 is 11.9 Å². The number of carbonyl (C=O) groups excluding carboxylic acids is 1. The van der Waals surface area contributed by atoms with Gasteiger partial charge in [0.15, 0.2) is 0 Å². The van der Waals surface area contributed by atoms with Gasteiger partial charge in [-0.1, -0.05) is 32.6 Å². The molecule has 5 heteroatoms. The molecule has 2 saturated carbocycles. The normalized spacial score (nSPS) is 27.0. The van der Waals surface area contributed by atoms with Crippen LogP contribution >= 0.6 is 0 Å². The third kappa shape index (κ3) is 4.70. The maximum absolute atomic E-state index is 12.3. The van der Waals surface area contributed by atoms with Crippen molar-refractivity contribution in [3.8, 4) is 0 Å². The van der Waals surface area contributed by atoms with Crippen molar-refractivity contribution in [1.82, 2.24) is 10.2 Å². The van der Waals surface area contributed by atoms with Crippen LogP contribution in [0, 0.1) is 5.92 Å². The summed E-state index contributed by atoms with van der Waals surface area (Å²) in [6, 6.07) is 0.555. The van der Waals surface area contributed by atoms with E-state index in [0.717, 1.165) is 32.2 Å². The summed E-state index contributed by atoms with van der Waals surface area (Å²) in [4.78, 5) is 25.0. The van der Waals surface area contributed by atoms with Gasteiger partial charge in [-0.3, -0.25) is 14.5 Å². The van der Waals surface area contributed by atoms with Gasteiger partial charge in [0.05, 0.1) is 6.54 Å². The third-order valence-electron chi connectivity index (χ3n) is 4.95. The summed E-state index contributed by atoms with van der Waals surface area (Å²) >= 11 is 0. The second-order valence-electron chi connectivity index (χ2n) is 6.48. The number of carboxylic acid groups (broad SMARTS) is 1. The molecule has 0 aromatic carbocycles. The van der Waals surface area contributed by atoms with E-state index in [-0.39, 0.29) is 24.4 Å². The van der Waals surface area contributed by atoms with Crippen LogP contribution in [0.4, 0.5) is 0 Å². The van der Waals surface area contributed by atoms with Crippen LogP contribution in [0.15, 0.2) is 0 Å². The Morgan fingerprint density at radius 3 is 2.29 bits per heavy atom. The van der Waals surface area contributed by atoms with E-state index in [9.17, 15) is 9.59 Å². The minimum absolute atomic E-state index is 0.102. The topological polar surface area (TPSA) is 69.6 Å². The van der Waals surface area contributed by atoms with Crippen LogP contribution in [0.2, 0.25) is 0 Å². The van der Waals surface area contributed by atoms with Gasteiger partial charge in [-0.05, 0) is 32.2 Å². The van der Waals surface area contributed by atoms with Gasteiger partial charge in [0, 0.05) is 18.0 Å². The first-order valence-electron chi connectivity index (χ1n) is 8.36. The zero-order chi connectivity index (χ0) is 15.2. The average Bonchev–Trinajstić information content (AvgIpc) is 2.68. The van der Waals surface area contributed by atoms with Gasteiger partial charge in [-0.2, -0.15) is 0 Å². The molecule has 0 heterocycles. The summed E-state index contributed by atoms with van der Waals surface area (Å²) in [5.74, 6) is -0.350. The Kier molecular flexibility index (Phi) is 6.03. The number of nitrogens with zero attached hydrogens (tertiary/aromatic N) is 1. The largest absolute Gasteiger partial charge is 0.480 e. The predicted molar refractivity (Wildman–Crippen MR) is 81.0 cm³/mol. The maximum Gasteiger partial charge on any atom is 0.317 e. The number of aliphatic carboxylic acids is 1. The second kappa shape index (κ2) is 7.78. The molecule has 2 N–H and O–H groups in total. The Labute approximate surface area is 127 Å². The Morgan fingerprint density at radius 2 is 1.76 bits per heavy atom. The molecular weight excluding hydrogens is 268 g/mol. The van der Waals surface area contributed by atoms with Crippen LogP contribution in [0.3, 0.4) is 0 Å². The van der Waals surface area contributed by atoms with Crippen molar-refractivity contribution in [1.29, 1.82) is 0 Å². The van der Waals surface area contributed by atoms with Gasteiger partial charge >= 0.3 is 5.97 Å². The quantitative estimate of drug-likeness (QED) is 0.736. The van der Waals surface area contributed by atoms with Crippen LogP contribution in [-0.4, -0.2) is 47.1 Å². The molecule has 0 radical (unpaired) electrons. The highest BCUT2D eigenvalue weighted by Crippen LogP contribution is 2.28. The average molecular weight is 296 g/mol. The monoisotopic (exact) mass is 296 g/mol. The SMILES string of the molecule is CCN(CC(=O)O)C1CC(NC(=O)C2CCCCCC2)C1. The third-order valence-corrected chi connectivity index (χ3v) is 4.95. The lowest BCUT2D eigenvalue weighted by Gasteiger charge is -2.42. The van der Waals surface area contributed by atoms with Crippen molar-refractivity contribution in [3.05, 3.63) is 0 Å². The van der Waals surface area contributed by atoms with Crippen molar-refractivity contribution in [2.75, 3.05) is 13.1 Å². The molecule has 2 aliphatic carbocycles. The smallest absolute Gasteiger partial charge is 0.317 e. The number of hydrogen-bond donors (Lipinski definition) is 2. The van der Waals surface area contributed by atoms with E-state index in [2.05, 4.69) is 5.32 Å². The van der Waals surface area contributed by atoms with Gasteiger partial charge in [-0.25, -0.2) is 0 Å². The minimum Gasteiger partial charge on any atom is -0.480 e. The van der Waals surface area contributed by atoms with Crippen LogP contribution in [0.5, 0.6) is 0 Å². The van der Waals surface area contributed by atoms with Gasteiger partial charge in [0.2, 0.25) is 5.91 Å². The lowest BCUT2D eigenvalue weighted by atomic mass is 9.84. The number of hydrogen-bond acceptors (Lipinski definition) is 3. The lowest BCUT2D eigenvalue weighted by molar-refractivity contribution is -0.140. The molecule has 0 aromatic rings. The summed E-state index contributed by atoms with van der Waals surface area (Å²) in [5.41, 5.74) is 0. The first-order chi connectivity index (χ1) is 10.1. The van der Waals surface area contributed by atoms with Gasteiger partial charge in [0.1, 0.15) is 0 Å². The summed E-state index contributed by atoms with van der Waals surface area (Å²) in [7, 11) is 0. The fourth-order valence-corrected chi connectivity index (χ4v) is 3.54. The first-order valence-corrected chi connectivity index (χ1v) is 8.36. The zero-order valence-corrected chi connectivity index (χ0v) is 13.0. The second-order valence-corrected chi connectivity index (χ2v) is 6.48. The van der Waals surface area contributed by atoms with Crippen LogP contribution in [0.25, 0.3) is 0 Å². The minimum atomic E-state index is -0.775. The molecule has 2 aliphatic rings. The van der Waals surface area contributed by atoms with Crippen LogP contribution in [0.1, 0.15) is 58.3 Å². The highest BCUT2D eigenvalue weighted by Gasteiger charge is 2.35. The Bertz CT molecular complexity index is 359. The first kappa shape index (κ1) is 16.3. The van der Waals surface area contributed by atoms with Gasteiger partial charge in [-0.15, -0.1) is 0 Å². The Balaban J connectivity index is 1.71. The molecule has 0 unspecified atom stereocenters. The van der Waals surface area contributed by atoms with Crippen molar-refractivity contribution in [2.45, 2.75) is 70.4 Å². The summed E-state index contributed by atoms with van der Waals surface area (Å²) in [6.07, 6.45) is 8.70. The molecule has 120 valence electrons. The fourth-order valence-electron chi connectivity index (χ4n) is 3.54. The van der Waals surface area contributed by atoms with E-state index in [4.69, 9.17) is 5.11 Å². The molecule has 0 aromatic heterocycles. The van der Waals surface area contributed by atoms with Crippen LogP contribution in [-0.2, 0) is 9.59 Å². The van der Waals surface area contributed by atoms with E-state index in [0.29, 0.717) is 6.04 Å². The number of amides is 1. The van der Waals surface area contributed by atoms with Gasteiger partial charge in [0.25, 0.3) is 0 Å². The standard InChI is InChI=1S/C16H28N2O3/c1-2-18(11-15(19)20)14-9-13(10-14)17-16(21)12-7-5-3-4-6-8-12/h12-14H,2-11H2,1H3,(H,17,21)(H,19,20). The molecule has 0 bridgehead atoms. The molecule has 1 amide bonds. The molecule has 2 rings (SSSR count). The fraction of sp³-hybridized carbons (Fsp3) is 0.875. The molecule has 5 nitrogen and oxygen atoms in total. The molecule has 2 fully saturated rings. The number of rotatable bonds is 6. The number of carbonyl (C=O) groups is 2. The molecule has 0 atom stereocenters. The number of nitrogens with one attached hydrogen (secondary N) is 1. The highest BCUT2D eigenvalue weighted by atomic mass is 16.4. The van der Waals surface area contributed by atoms with Crippen molar-refractivity contribution in [2.24, 2.45) is 5.92 Å². The maximum atomic E-state index is 12.3. The van der Waals surface area contributed by atoms with E-state index < -0.39 is 5.97 Å². The Hall–Kier alpha value is -1.10. The van der Waals surface area contributed by atoms with Crippen molar-refractivity contribution in [3.63, 3.8) is 0 Å². The molecule has 0 saturated heterocycles. The molecular formula is C16H28N2O3. The van der Waals surface area contributed by atoms with Crippen LogP contribution < -0.4 is 5.32 Å². The lowest BCUT2D eigenvalue weighted by Crippen LogP contribution is -2.55. The summed E-state index contributed by atoms with van der Waals surface area (Å²) < 4.78 is 0. The Morgan fingerprint density at radius 1 is 1.14 bits per heavy atom. The van der Waals surface area contributed by atoms with Gasteiger partial charge < -0.3 is 10.4 Å². The summed E-state index contributed by atoms with van der Waals surface area (Å²) in [5, 5.41) is 12.0. The number of likely N-dealkylation sites (N-methyl/N-ethyl adjacent to an activating group) is 1. The van der Waals surface area contributed by atoms with E-state index in [1.165, 1.54) is 25.7 Å². The number of carboxylic acids is 1. The zero-order valence-electron chi connectivity index (χ0n) is 13.0. The molecule has 21 heavy (non-hydrogen) atoms. The van der Waals surface area contributed by atoms with E-state index in [1.807, 2.05) is 11.8 Å². The van der Waals surface area contributed by atoms with E-state index >= 15 is 0 Å².